The second kappa shape index (κ2) is 27.4. The molecule has 1 aromatic heterocycles. The maximum atomic E-state index is 15.0. The van der Waals surface area contributed by atoms with Crippen molar-refractivity contribution in [1.29, 1.82) is 0 Å². The zero-order valence-electron chi connectivity index (χ0n) is 50.3. The molecule has 18 nitrogen and oxygen atoms in total. The summed E-state index contributed by atoms with van der Waals surface area (Å²) in [6, 6.07) is 6.48. The molecule has 19 heteroatoms. The van der Waals surface area contributed by atoms with Gasteiger partial charge in [-0.05, 0) is 98.4 Å². The van der Waals surface area contributed by atoms with Gasteiger partial charge in [0, 0.05) is 76.6 Å². The van der Waals surface area contributed by atoms with Crippen molar-refractivity contribution in [3.8, 4) is 0 Å². The van der Waals surface area contributed by atoms with Gasteiger partial charge in [-0.3, -0.25) is 14.4 Å². The molecular formula is C61H93FN4O14. The van der Waals surface area contributed by atoms with Crippen LogP contribution in [0.2, 0.25) is 0 Å². The van der Waals surface area contributed by atoms with Gasteiger partial charge in [0.15, 0.2) is 12.6 Å². The Balaban J connectivity index is 1.28. The number of cyclic esters (lactones) is 1. The number of halogens is 1. The van der Waals surface area contributed by atoms with Crippen LogP contribution in [0.4, 0.5) is 4.39 Å². The lowest BCUT2D eigenvalue weighted by atomic mass is 9.70. The second-order valence-corrected chi connectivity index (χ2v) is 24.0. The van der Waals surface area contributed by atoms with Gasteiger partial charge in [-0.2, -0.15) is 0 Å². The van der Waals surface area contributed by atoms with E-state index in [-0.39, 0.29) is 25.0 Å². The van der Waals surface area contributed by atoms with Gasteiger partial charge in [0.1, 0.15) is 48.5 Å². The number of aromatic nitrogens is 3. The quantitative estimate of drug-likeness (QED) is 0.100. The molecule has 2 N–H and O–H groups in total. The number of hydrogen-bond donors (Lipinski definition) is 2. The fourth-order valence-corrected chi connectivity index (χ4v) is 12.8. The van der Waals surface area contributed by atoms with E-state index in [0.717, 1.165) is 22.3 Å². The van der Waals surface area contributed by atoms with Crippen LogP contribution in [-0.4, -0.2) is 168 Å². The summed E-state index contributed by atoms with van der Waals surface area (Å²) in [6.45, 7) is 25.7. The van der Waals surface area contributed by atoms with Crippen LogP contribution in [0.1, 0.15) is 144 Å². The Kier molecular flexibility index (Phi) is 22.2. The SMILES string of the molecule is C=C/C(=C\C=C(C)C)c1ccc([C@@H](OC)[C@@H](CF)n2cc(CCN(C)[C@H]3C[C@@H](C)O[C@@H](O[C@@H]4[C@@H](C)[C@H](O[C@H]5C[C@@](C)(OC)[C@@H](O)[C@H](C)O5)[C@@H](C)C(=O)O[C@H](CC)[C@@]5(C)OC(=O)C[C@@H]5[C@@H](C)C(=O)[C@H](C)C[C@@]4(C)OC)[C@@H]3O)nn2)cc1. The minimum atomic E-state index is -1.31. The summed E-state index contributed by atoms with van der Waals surface area (Å²) in [4.78, 5) is 44.7. The highest BCUT2D eigenvalue weighted by atomic mass is 19.1. The molecule has 0 spiro atoms. The van der Waals surface area contributed by atoms with Gasteiger partial charge < -0.3 is 57.7 Å². The number of benzene rings is 1. The van der Waals surface area contributed by atoms with Crippen molar-refractivity contribution < 1.29 is 71.6 Å². The molecule has 0 saturated carbocycles. The summed E-state index contributed by atoms with van der Waals surface area (Å²) < 4.78 is 74.0. The van der Waals surface area contributed by atoms with E-state index < -0.39 is 139 Å². The van der Waals surface area contributed by atoms with Gasteiger partial charge in [-0.15, -0.1) is 5.10 Å². The molecule has 448 valence electrons. The first kappa shape index (κ1) is 64.9. The Morgan fingerprint density at radius 3 is 2.23 bits per heavy atom. The number of ether oxygens (including phenoxy) is 9. The number of rotatable bonds is 19. The number of methoxy groups -OCH3 is 3. The number of alkyl halides is 1. The van der Waals surface area contributed by atoms with Crippen molar-refractivity contribution in [2.45, 2.75) is 212 Å². The van der Waals surface area contributed by atoms with Gasteiger partial charge in [0.05, 0.1) is 53.7 Å². The number of esters is 2. The van der Waals surface area contributed by atoms with Crippen molar-refractivity contribution in [2.75, 3.05) is 41.6 Å². The molecule has 1 aromatic carbocycles. The van der Waals surface area contributed by atoms with Crippen molar-refractivity contribution in [3.63, 3.8) is 0 Å². The minimum absolute atomic E-state index is 0.0280. The third kappa shape index (κ3) is 14.2. The summed E-state index contributed by atoms with van der Waals surface area (Å²) >= 11 is 0. The first-order valence-electron chi connectivity index (χ1n) is 28.5. The molecular weight excluding hydrogens is 1030 g/mol. The Hall–Kier alpha value is -4.28. The zero-order valence-corrected chi connectivity index (χ0v) is 50.3. The van der Waals surface area contributed by atoms with Crippen LogP contribution in [0.25, 0.3) is 5.57 Å². The Morgan fingerprint density at radius 2 is 1.62 bits per heavy atom. The Labute approximate surface area is 474 Å². The van der Waals surface area contributed by atoms with Crippen LogP contribution in [0.5, 0.6) is 0 Å². The highest BCUT2D eigenvalue weighted by Crippen LogP contribution is 2.46. The van der Waals surface area contributed by atoms with Crippen LogP contribution >= 0.6 is 0 Å². The van der Waals surface area contributed by atoms with Gasteiger partial charge in [0.2, 0.25) is 0 Å². The van der Waals surface area contributed by atoms with Gasteiger partial charge in [0.25, 0.3) is 0 Å². The fourth-order valence-electron chi connectivity index (χ4n) is 12.8. The number of aliphatic hydroxyl groups excluding tert-OH is 2. The van der Waals surface area contributed by atoms with Crippen LogP contribution in [0.3, 0.4) is 0 Å². The van der Waals surface area contributed by atoms with Crippen LogP contribution in [0.15, 0.2) is 60.8 Å². The molecule has 4 aliphatic heterocycles. The monoisotopic (exact) mass is 1120 g/mol. The molecule has 2 aromatic rings. The maximum absolute atomic E-state index is 15.0. The lowest BCUT2D eigenvalue weighted by Crippen LogP contribution is -2.61. The molecule has 0 aliphatic carbocycles. The maximum Gasteiger partial charge on any atom is 0.311 e. The molecule has 4 aliphatic rings. The number of hydrogen-bond acceptors (Lipinski definition) is 17. The summed E-state index contributed by atoms with van der Waals surface area (Å²) in [6.07, 6.45) is -0.332. The van der Waals surface area contributed by atoms with E-state index in [9.17, 15) is 24.6 Å². The number of Topliss-reactive ketones (excluding diaryl/α,β-unsaturated/α-hetero) is 1. The van der Waals surface area contributed by atoms with Crippen molar-refractivity contribution in [2.24, 2.45) is 29.6 Å². The Morgan fingerprint density at radius 1 is 0.950 bits per heavy atom. The van der Waals surface area contributed by atoms with Gasteiger partial charge in [-0.1, -0.05) is 87.6 Å². The van der Waals surface area contributed by atoms with Crippen LogP contribution in [-0.2, 0) is 63.4 Å². The standard InChI is InChI=1S/C61H93FN4O14/c1-18-41(21-20-34(3)4)42-22-24-43(25-23-42)54(72-15)47(32-62)66-33-44(63-64-66)26-27-65(14)46-28-36(6)75-58(52(46)69)79-56-38(8)53(78-50-31-59(11,73-16)55(70)40(10)76-50)39(9)57(71)77-48(19-2)61(13)45(29-49(67)80-61)37(7)51(68)35(5)30-60(56,12)74-17/h18,20-25,33,35-40,45-48,50,52-56,58,69-70H,1,19,26-32H2,2-17H3/b41-21+/t35-,36-,37-,38+,39-,40+,45-,46+,47-,48-,50+,52-,53+,54-,55+,56-,58+,59-,60-,61+/m1/s1. The van der Waals surface area contributed by atoms with Gasteiger partial charge >= 0.3 is 11.9 Å². The number of fused-ring (bicyclic) bond motifs is 1. The lowest BCUT2D eigenvalue weighted by Gasteiger charge is -2.50. The van der Waals surface area contributed by atoms with Crippen molar-refractivity contribution in [3.05, 3.63) is 77.7 Å². The number of carbonyl (C=O) groups excluding carboxylic acids is 3. The summed E-state index contributed by atoms with van der Waals surface area (Å²) in [7, 11) is 6.49. The molecule has 80 heavy (non-hydrogen) atoms. The molecule has 0 amide bonds. The van der Waals surface area contributed by atoms with E-state index in [1.165, 1.54) is 18.9 Å². The molecule has 5 heterocycles. The van der Waals surface area contributed by atoms with Crippen molar-refractivity contribution >= 4 is 23.3 Å². The summed E-state index contributed by atoms with van der Waals surface area (Å²) in [5.41, 5.74) is 0.788. The summed E-state index contributed by atoms with van der Waals surface area (Å²) in [5, 5.41) is 32.4. The first-order valence-corrected chi connectivity index (χ1v) is 28.5. The number of carbonyl (C=O) groups is 3. The Bertz CT molecular complexity index is 2470. The third-order valence-electron chi connectivity index (χ3n) is 17.9. The second-order valence-electron chi connectivity index (χ2n) is 24.0. The zero-order chi connectivity index (χ0) is 59.2. The molecule has 20 atom stereocenters. The van der Waals surface area contributed by atoms with E-state index in [4.69, 9.17) is 42.6 Å². The average Bonchev–Trinajstić information content (AvgIpc) is 4.05. The average molecular weight is 1130 g/mol. The largest absolute Gasteiger partial charge is 0.458 e. The lowest BCUT2D eigenvalue weighted by molar-refractivity contribution is -0.319. The predicted octanol–water partition coefficient (Wildman–Crippen LogP) is 8.29. The normalized spacial score (nSPS) is 37.5. The van der Waals surface area contributed by atoms with Crippen molar-refractivity contribution in [1.82, 2.24) is 19.9 Å². The number of allylic oxidation sites excluding steroid dienone is 5. The number of aliphatic hydroxyl groups is 2. The summed E-state index contributed by atoms with van der Waals surface area (Å²) in [5.74, 6) is -4.97. The molecule has 6 rings (SSSR count). The van der Waals surface area contributed by atoms with Crippen LogP contribution in [0, 0.1) is 29.6 Å². The highest BCUT2D eigenvalue weighted by molar-refractivity contribution is 5.85. The van der Waals surface area contributed by atoms with E-state index in [1.54, 1.807) is 54.0 Å². The topological polar surface area (TPSA) is 209 Å². The number of ketones is 1. The number of nitrogens with zero attached hydrogens (tertiary/aromatic N) is 4. The molecule has 0 radical (unpaired) electrons. The minimum Gasteiger partial charge on any atom is -0.458 e. The highest BCUT2D eigenvalue weighted by Gasteiger charge is 2.58. The first-order chi connectivity index (χ1) is 37.7. The predicted molar refractivity (Wildman–Crippen MR) is 298 cm³/mol. The van der Waals surface area contributed by atoms with E-state index >= 15 is 4.39 Å². The third-order valence-corrected chi connectivity index (χ3v) is 17.9. The van der Waals surface area contributed by atoms with Gasteiger partial charge in [-0.25, -0.2) is 9.07 Å². The van der Waals surface area contributed by atoms with Crippen LogP contribution < -0.4 is 0 Å². The smallest absolute Gasteiger partial charge is 0.311 e. The fraction of sp³-hybridized carbons (Fsp3) is 0.721. The molecule has 0 unspecified atom stereocenters. The van der Waals surface area contributed by atoms with E-state index in [0.29, 0.717) is 31.5 Å². The van der Waals surface area contributed by atoms with E-state index in [1.807, 2.05) is 96.8 Å². The molecule has 0 bridgehead atoms. The number of likely N-dealkylation sites (N-methyl/N-ethyl adjacent to an activating group) is 1. The molecule has 4 saturated heterocycles. The molecule has 4 fully saturated rings. The van der Waals surface area contributed by atoms with E-state index in [2.05, 4.69) is 16.9 Å².